The van der Waals surface area contributed by atoms with Gasteiger partial charge in [0.1, 0.15) is 0 Å². The predicted molar refractivity (Wildman–Crippen MR) is 83.1 cm³/mol. The molecule has 1 saturated heterocycles. The maximum absolute atomic E-state index is 11.9. The summed E-state index contributed by atoms with van der Waals surface area (Å²) in [5.74, 6) is 0.466. The van der Waals surface area contributed by atoms with Crippen LogP contribution in [0.25, 0.3) is 0 Å². The summed E-state index contributed by atoms with van der Waals surface area (Å²) in [7, 11) is 0. The van der Waals surface area contributed by atoms with Crippen LogP contribution >= 0.6 is 0 Å². The number of rotatable bonds is 6. The van der Waals surface area contributed by atoms with Crippen LogP contribution in [0, 0.1) is 5.92 Å². The van der Waals surface area contributed by atoms with Crippen molar-refractivity contribution >= 4 is 12.0 Å². The van der Waals surface area contributed by atoms with E-state index in [-0.39, 0.29) is 17.5 Å². The Hall–Kier alpha value is -1.26. The van der Waals surface area contributed by atoms with Gasteiger partial charge in [-0.3, -0.25) is 4.79 Å². The fourth-order valence-electron chi connectivity index (χ4n) is 2.46. The van der Waals surface area contributed by atoms with Crippen molar-refractivity contribution in [3.8, 4) is 0 Å². The number of ether oxygens (including phenoxy) is 1. The number of amides is 2. The van der Waals surface area contributed by atoms with E-state index in [4.69, 9.17) is 4.74 Å². The summed E-state index contributed by atoms with van der Waals surface area (Å²) in [6, 6.07) is 0. The smallest absolute Gasteiger partial charge is 0.409 e. The zero-order valence-corrected chi connectivity index (χ0v) is 13.9. The van der Waals surface area contributed by atoms with Gasteiger partial charge in [0.05, 0.1) is 6.61 Å². The van der Waals surface area contributed by atoms with Gasteiger partial charge in [0.2, 0.25) is 5.91 Å². The first-order valence-electron chi connectivity index (χ1n) is 8.09. The van der Waals surface area contributed by atoms with Crippen LogP contribution in [0.4, 0.5) is 4.79 Å². The molecule has 1 aliphatic rings. The molecule has 5 nitrogen and oxygen atoms in total. The lowest BCUT2D eigenvalue weighted by atomic mass is 9.89. The van der Waals surface area contributed by atoms with Gasteiger partial charge in [0, 0.05) is 25.0 Å². The lowest BCUT2D eigenvalue weighted by Crippen LogP contribution is -2.54. The quantitative estimate of drug-likeness (QED) is 0.767. The van der Waals surface area contributed by atoms with Gasteiger partial charge in [0.15, 0.2) is 0 Å². The minimum absolute atomic E-state index is 0.103. The number of unbranched alkanes of at least 4 members (excludes halogenated alkanes) is 1. The Morgan fingerprint density at radius 3 is 2.43 bits per heavy atom. The van der Waals surface area contributed by atoms with E-state index in [2.05, 4.69) is 19.2 Å². The highest BCUT2D eigenvalue weighted by atomic mass is 16.6. The zero-order chi connectivity index (χ0) is 15.9. The van der Waals surface area contributed by atoms with Gasteiger partial charge >= 0.3 is 6.09 Å². The molecule has 0 unspecified atom stereocenters. The van der Waals surface area contributed by atoms with Gasteiger partial charge in [0.25, 0.3) is 0 Å². The molecule has 122 valence electrons. The van der Waals surface area contributed by atoms with Crippen molar-refractivity contribution in [2.45, 2.75) is 65.3 Å². The van der Waals surface area contributed by atoms with Crippen LogP contribution < -0.4 is 5.32 Å². The van der Waals surface area contributed by atoms with Crippen molar-refractivity contribution in [2.24, 2.45) is 5.92 Å². The Morgan fingerprint density at radius 2 is 1.90 bits per heavy atom. The minimum Gasteiger partial charge on any atom is -0.449 e. The molecule has 0 aromatic carbocycles. The summed E-state index contributed by atoms with van der Waals surface area (Å²) in [5.41, 5.74) is -0.202. The molecule has 0 aromatic rings. The third-order valence-corrected chi connectivity index (χ3v) is 3.88. The Balaban J connectivity index is 2.36. The van der Waals surface area contributed by atoms with Crippen LogP contribution in [0.2, 0.25) is 0 Å². The van der Waals surface area contributed by atoms with E-state index in [9.17, 15) is 9.59 Å². The predicted octanol–water partition coefficient (Wildman–Crippen LogP) is 2.94. The van der Waals surface area contributed by atoms with Crippen LogP contribution in [-0.4, -0.2) is 42.1 Å². The topological polar surface area (TPSA) is 58.6 Å². The van der Waals surface area contributed by atoms with Crippen molar-refractivity contribution in [2.75, 3.05) is 19.7 Å². The van der Waals surface area contributed by atoms with E-state index in [0.29, 0.717) is 32.0 Å². The van der Waals surface area contributed by atoms with E-state index < -0.39 is 0 Å². The molecule has 0 bridgehead atoms. The van der Waals surface area contributed by atoms with Crippen LogP contribution in [0.5, 0.6) is 0 Å². The summed E-state index contributed by atoms with van der Waals surface area (Å²) in [6.07, 6.45) is 3.81. The second-order valence-electron chi connectivity index (χ2n) is 6.66. The molecule has 0 spiro atoms. The standard InChI is InChI=1S/C16H30N2O3/c1-5-6-11-21-15(20)18-9-7-16(4,8-10-18)17-14(19)12-13(2)3/h13H,5-12H2,1-4H3,(H,17,19). The van der Waals surface area contributed by atoms with E-state index in [1.54, 1.807) is 4.90 Å². The minimum atomic E-state index is -0.223. The van der Waals surface area contributed by atoms with Gasteiger partial charge in [-0.05, 0) is 32.1 Å². The van der Waals surface area contributed by atoms with Crippen molar-refractivity contribution < 1.29 is 14.3 Å². The fourth-order valence-corrected chi connectivity index (χ4v) is 2.46. The first-order valence-corrected chi connectivity index (χ1v) is 8.09. The zero-order valence-electron chi connectivity index (χ0n) is 13.9. The van der Waals surface area contributed by atoms with Crippen molar-refractivity contribution in [1.29, 1.82) is 0 Å². The molecule has 0 aliphatic carbocycles. The molecule has 0 atom stereocenters. The van der Waals surface area contributed by atoms with E-state index in [1.165, 1.54) is 0 Å². The molecule has 1 heterocycles. The molecule has 1 N–H and O–H groups in total. The normalized spacial score (nSPS) is 17.7. The summed E-state index contributed by atoms with van der Waals surface area (Å²) >= 11 is 0. The summed E-state index contributed by atoms with van der Waals surface area (Å²) in [4.78, 5) is 25.5. The van der Waals surface area contributed by atoms with Crippen molar-refractivity contribution in [3.63, 3.8) is 0 Å². The molecule has 1 rings (SSSR count). The number of nitrogens with zero attached hydrogens (tertiary/aromatic N) is 1. The van der Waals surface area contributed by atoms with Gasteiger partial charge in [-0.15, -0.1) is 0 Å². The lowest BCUT2D eigenvalue weighted by Gasteiger charge is -2.39. The third kappa shape index (κ3) is 6.36. The summed E-state index contributed by atoms with van der Waals surface area (Å²) < 4.78 is 5.22. The molecule has 0 radical (unpaired) electrons. The number of carbonyl (C=O) groups is 2. The Labute approximate surface area is 128 Å². The SMILES string of the molecule is CCCCOC(=O)N1CCC(C)(NC(=O)CC(C)C)CC1. The number of hydrogen-bond acceptors (Lipinski definition) is 3. The largest absolute Gasteiger partial charge is 0.449 e. The molecule has 1 fully saturated rings. The van der Waals surface area contributed by atoms with Crippen LogP contribution in [0.1, 0.15) is 59.8 Å². The highest BCUT2D eigenvalue weighted by Crippen LogP contribution is 2.22. The van der Waals surface area contributed by atoms with Crippen molar-refractivity contribution in [3.05, 3.63) is 0 Å². The molecule has 1 aliphatic heterocycles. The number of carbonyl (C=O) groups excluding carboxylic acids is 2. The summed E-state index contributed by atoms with van der Waals surface area (Å²) in [6.45, 7) is 9.99. The van der Waals surface area contributed by atoms with Crippen molar-refractivity contribution in [1.82, 2.24) is 10.2 Å². The van der Waals surface area contributed by atoms with E-state index >= 15 is 0 Å². The molecule has 0 saturated carbocycles. The van der Waals surface area contributed by atoms with Crippen LogP contribution in [0.3, 0.4) is 0 Å². The number of piperidine rings is 1. The molecule has 0 aromatic heterocycles. The van der Waals surface area contributed by atoms with E-state index in [1.807, 2.05) is 13.8 Å². The Morgan fingerprint density at radius 1 is 1.29 bits per heavy atom. The highest BCUT2D eigenvalue weighted by Gasteiger charge is 2.33. The molecule has 2 amide bonds. The summed E-state index contributed by atoms with van der Waals surface area (Å²) in [5, 5.41) is 3.12. The Bertz CT molecular complexity index is 347. The van der Waals surface area contributed by atoms with Crippen LogP contribution in [-0.2, 0) is 9.53 Å². The van der Waals surface area contributed by atoms with Crippen LogP contribution in [0.15, 0.2) is 0 Å². The number of nitrogens with one attached hydrogen (secondary N) is 1. The fraction of sp³-hybridized carbons (Fsp3) is 0.875. The monoisotopic (exact) mass is 298 g/mol. The average molecular weight is 298 g/mol. The van der Waals surface area contributed by atoms with Gasteiger partial charge in [-0.2, -0.15) is 0 Å². The first-order chi connectivity index (χ1) is 9.86. The first kappa shape index (κ1) is 17.8. The maximum Gasteiger partial charge on any atom is 0.409 e. The second-order valence-corrected chi connectivity index (χ2v) is 6.66. The molecule has 21 heavy (non-hydrogen) atoms. The Kier molecular flexibility index (Phi) is 6.99. The van der Waals surface area contributed by atoms with E-state index in [0.717, 1.165) is 25.7 Å². The molecule has 5 heteroatoms. The lowest BCUT2D eigenvalue weighted by molar-refractivity contribution is -0.124. The number of likely N-dealkylation sites (tertiary alicyclic amines) is 1. The highest BCUT2D eigenvalue weighted by molar-refractivity contribution is 5.77. The van der Waals surface area contributed by atoms with Gasteiger partial charge in [-0.25, -0.2) is 4.79 Å². The average Bonchev–Trinajstić information content (AvgIpc) is 2.38. The van der Waals surface area contributed by atoms with Gasteiger partial charge < -0.3 is 15.0 Å². The third-order valence-electron chi connectivity index (χ3n) is 3.88. The second kappa shape index (κ2) is 8.25. The molecular formula is C16H30N2O3. The van der Waals surface area contributed by atoms with Gasteiger partial charge in [-0.1, -0.05) is 27.2 Å². The maximum atomic E-state index is 11.9. The number of hydrogen-bond donors (Lipinski definition) is 1. The molecular weight excluding hydrogens is 268 g/mol.